The van der Waals surface area contributed by atoms with E-state index in [4.69, 9.17) is 0 Å². The fourth-order valence-corrected chi connectivity index (χ4v) is 3.02. The standard InChI is InChI=1S/C14H25N3O2/c1-2-9-16(12-5-7-15-8-6-12)11-14(19)17-10-3-4-13(17)18/h12,15H,2-11H2,1H3. The molecule has 2 saturated heterocycles. The quantitative estimate of drug-likeness (QED) is 0.792. The summed E-state index contributed by atoms with van der Waals surface area (Å²) in [6.45, 7) is 6.16. The molecule has 0 saturated carbocycles. The molecule has 0 radical (unpaired) electrons. The van der Waals surface area contributed by atoms with Gasteiger partial charge in [-0.15, -0.1) is 0 Å². The normalized spacial score (nSPS) is 21.4. The number of carbonyl (C=O) groups is 2. The van der Waals surface area contributed by atoms with E-state index in [0.717, 1.165) is 45.3 Å². The minimum Gasteiger partial charge on any atom is -0.317 e. The molecule has 5 nitrogen and oxygen atoms in total. The topological polar surface area (TPSA) is 52.7 Å². The van der Waals surface area contributed by atoms with Crippen LogP contribution in [0.5, 0.6) is 0 Å². The van der Waals surface area contributed by atoms with Crippen LogP contribution in [0.4, 0.5) is 0 Å². The van der Waals surface area contributed by atoms with E-state index in [9.17, 15) is 9.59 Å². The van der Waals surface area contributed by atoms with E-state index in [0.29, 0.717) is 25.6 Å². The average Bonchev–Trinajstić information content (AvgIpc) is 2.85. The van der Waals surface area contributed by atoms with Gasteiger partial charge in [-0.05, 0) is 45.3 Å². The van der Waals surface area contributed by atoms with Crippen molar-refractivity contribution in [2.24, 2.45) is 0 Å². The Morgan fingerprint density at radius 2 is 2.16 bits per heavy atom. The number of imide groups is 1. The van der Waals surface area contributed by atoms with Crippen molar-refractivity contribution in [1.29, 1.82) is 0 Å². The van der Waals surface area contributed by atoms with Crippen molar-refractivity contribution in [3.63, 3.8) is 0 Å². The van der Waals surface area contributed by atoms with Gasteiger partial charge in [-0.2, -0.15) is 0 Å². The summed E-state index contributed by atoms with van der Waals surface area (Å²) in [7, 11) is 0. The molecule has 0 atom stereocenters. The maximum atomic E-state index is 12.2. The molecule has 0 unspecified atom stereocenters. The lowest BCUT2D eigenvalue weighted by Crippen LogP contribution is -2.48. The van der Waals surface area contributed by atoms with Crippen LogP contribution in [0.25, 0.3) is 0 Å². The first-order chi connectivity index (χ1) is 9.22. The van der Waals surface area contributed by atoms with Crippen molar-refractivity contribution in [2.45, 2.75) is 45.1 Å². The second-order valence-electron chi connectivity index (χ2n) is 5.49. The number of piperidine rings is 1. The maximum Gasteiger partial charge on any atom is 0.243 e. The van der Waals surface area contributed by atoms with Crippen LogP contribution in [0.3, 0.4) is 0 Å². The highest BCUT2D eigenvalue weighted by molar-refractivity contribution is 5.97. The van der Waals surface area contributed by atoms with Gasteiger partial charge in [0.15, 0.2) is 0 Å². The van der Waals surface area contributed by atoms with Gasteiger partial charge in [-0.1, -0.05) is 6.92 Å². The van der Waals surface area contributed by atoms with Crippen molar-refractivity contribution in [3.8, 4) is 0 Å². The number of rotatable bonds is 5. The lowest BCUT2D eigenvalue weighted by atomic mass is 10.0. The van der Waals surface area contributed by atoms with Gasteiger partial charge >= 0.3 is 0 Å². The van der Waals surface area contributed by atoms with Gasteiger partial charge in [0.1, 0.15) is 0 Å². The van der Waals surface area contributed by atoms with Crippen molar-refractivity contribution < 1.29 is 9.59 Å². The minimum absolute atomic E-state index is 0.00511. The molecular formula is C14H25N3O2. The fraction of sp³-hybridized carbons (Fsp3) is 0.857. The van der Waals surface area contributed by atoms with Crippen LogP contribution in [0.15, 0.2) is 0 Å². The molecule has 0 aliphatic carbocycles. The summed E-state index contributed by atoms with van der Waals surface area (Å²) in [5.74, 6) is 0.00115. The molecule has 2 aliphatic rings. The first-order valence-corrected chi connectivity index (χ1v) is 7.50. The second kappa shape index (κ2) is 7.01. The van der Waals surface area contributed by atoms with Crippen molar-refractivity contribution in [2.75, 3.05) is 32.7 Å². The molecule has 0 aromatic carbocycles. The lowest BCUT2D eigenvalue weighted by molar-refractivity contribution is -0.143. The van der Waals surface area contributed by atoms with Gasteiger partial charge < -0.3 is 5.32 Å². The number of nitrogens with one attached hydrogen (secondary N) is 1. The van der Waals surface area contributed by atoms with Crippen LogP contribution in [0, 0.1) is 0 Å². The van der Waals surface area contributed by atoms with E-state index in [1.807, 2.05) is 0 Å². The van der Waals surface area contributed by atoms with Gasteiger partial charge in [-0.25, -0.2) is 0 Å². The van der Waals surface area contributed by atoms with Gasteiger partial charge in [0.2, 0.25) is 11.8 Å². The highest BCUT2D eigenvalue weighted by Crippen LogP contribution is 2.15. The fourth-order valence-electron chi connectivity index (χ4n) is 3.02. The van der Waals surface area contributed by atoms with E-state index in [-0.39, 0.29) is 11.8 Å². The van der Waals surface area contributed by atoms with Gasteiger partial charge in [0.05, 0.1) is 6.54 Å². The van der Waals surface area contributed by atoms with Gasteiger partial charge in [-0.3, -0.25) is 19.4 Å². The summed E-state index contributed by atoms with van der Waals surface area (Å²) in [4.78, 5) is 27.6. The zero-order valence-electron chi connectivity index (χ0n) is 11.9. The van der Waals surface area contributed by atoms with E-state index in [1.165, 1.54) is 4.90 Å². The number of carbonyl (C=O) groups excluding carboxylic acids is 2. The molecule has 108 valence electrons. The molecule has 2 rings (SSSR count). The Kier molecular flexibility index (Phi) is 5.34. The third-order valence-corrected chi connectivity index (χ3v) is 4.05. The zero-order valence-corrected chi connectivity index (χ0v) is 11.9. The van der Waals surface area contributed by atoms with Crippen molar-refractivity contribution in [3.05, 3.63) is 0 Å². The Morgan fingerprint density at radius 1 is 1.42 bits per heavy atom. The number of likely N-dealkylation sites (tertiary alicyclic amines) is 1. The van der Waals surface area contributed by atoms with Crippen LogP contribution in [-0.2, 0) is 9.59 Å². The highest BCUT2D eigenvalue weighted by atomic mass is 16.2. The molecule has 19 heavy (non-hydrogen) atoms. The molecule has 0 bridgehead atoms. The summed E-state index contributed by atoms with van der Waals surface area (Å²) in [6, 6.07) is 0.489. The first-order valence-electron chi connectivity index (χ1n) is 7.50. The smallest absolute Gasteiger partial charge is 0.243 e. The van der Waals surface area contributed by atoms with Crippen molar-refractivity contribution >= 4 is 11.8 Å². The average molecular weight is 267 g/mol. The second-order valence-corrected chi connectivity index (χ2v) is 5.49. The van der Waals surface area contributed by atoms with Crippen LogP contribution in [-0.4, -0.2) is 60.4 Å². The molecule has 0 spiro atoms. The SMILES string of the molecule is CCCN(CC(=O)N1CCCC1=O)C1CCNCC1. The third-order valence-electron chi connectivity index (χ3n) is 4.05. The summed E-state index contributed by atoms with van der Waals surface area (Å²) < 4.78 is 0. The summed E-state index contributed by atoms with van der Waals surface area (Å²) in [5, 5.41) is 3.35. The Hall–Kier alpha value is -0.940. The molecule has 1 N–H and O–H groups in total. The van der Waals surface area contributed by atoms with Gasteiger partial charge in [0, 0.05) is 19.0 Å². The summed E-state index contributed by atoms with van der Waals surface area (Å²) in [6.07, 6.45) is 4.60. The molecule has 2 amide bonds. The maximum absolute atomic E-state index is 12.2. The van der Waals surface area contributed by atoms with Crippen LogP contribution in [0.2, 0.25) is 0 Å². The van der Waals surface area contributed by atoms with E-state index in [2.05, 4.69) is 17.1 Å². The Bertz CT molecular complexity index is 327. The number of hydrogen-bond acceptors (Lipinski definition) is 4. The molecule has 0 aromatic rings. The third kappa shape index (κ3) is 3.76. The molecule has 0 aromatic heterocycles. The molecule has 2 fully saturated rings. The zero-order chi connectivity index (χ0) is 13.7. The van der Waals surface area contributed by atoms with Crippen molar-refractivity contribution in [1.82, 2.24) is 15.1 Å². The Morgan fingerprint density at radius 3 is 2.74 bits per heavy atom. The van der Waals surface area contributed by atoms with E-state index >= 15 is 0 Å². The lowest BCUT2D eigenvalue weighted by Gasteiger charge is -2.34. The highest BCUT2D eigenvalue weighted by Gasteiger charge is 2.29. The van der Waals surface area contributed by atoms with Gasteiger partial charge in [0.25, 0.3) is 0 Å². The van der Waals surface area contributed by atoms with Crippen LogP contribution in [0.1, 0.15) is 39.0 Å². The predicted molar refractivity (Wildman–Crippen MR) is 73.7 cm³/mol. The number of amides is 2. The summed E-state index contributed by atoms with van der Waals surface area (Å²) in [5.41, 5.74) is 0. The molecular weight excluding hydrogens is 242 g/mol. The molecule has 2 aliphatic heterocycles. The molecule has 2 heterocycles. The Labute approximate surface area is 115 Å². The van der Waals surface area contributed by atoms with E-state index in [1.54, 1.807) is 0 Å². The van der Waals surface area contributed by atoms with E-state index < -0.39 is 0 Å². The largest absolute Gasteiger partial charge is 0.317 e. The predicted octanol–water partition coefficient (Wildman–Crippen LogP) is 0.599. The Balaban J connectivity index is 1.91. The monoisotopic (exact) mass is 267 g/mol. The summed E-state index contributed by atoms with van der Waals surface area (Å²) >= 11 is 0. The number of nitrogens with zero attached hydrogens (tertiary/aromatic N) is 2. The first kappa shape index (κ1) is 14.5. The molecule has 5 heteroatoms. The van der Waals surface area contributed by atoms with Crippen LogP contribution < -0.4 is 5.32 Å². The minimum atomic E-state index is -0.00511. The van der Waals surface area contributed by atoms with Crippen LogP contribution >= 0.6 is 0 Å². The number of hydrogen-bond donors (Lipinski definition) is 1.